The number of aromatic nitrogens is 1. The average Bonchev–Trinajstić information content (AvgIpc) is 2.98. The highest BCUT2D eigenvalue weighted by molar-refractivity contribution is 7.15. The van der Waals surface area contributed by atoms with Crippen LogP contribution in [0.5, 0.6) is 0 Å². The molecule has 0 bridgehead atoms. The minimum atomic E-state index is 0.00665. The van der Waals surface area contributed by atoms with Crippen molar-refractivity contribution in [2.75, 3.05) is 32.0 Å². The zero-order chi connectivity index (χ0) is 19.1. The zero-order valence-corrected chi connectivity index (χ0v) is 17.3. The molecule has 6 nitrogen and oxygen atoms in total. The third-order valence-electron chi connectivity index (χ3n) is 4.53. The van der Waals surface area contributed by atoms with Crippen LogP contribution in [0.3, 0.4) is 0 Å². The Balaban J connectivity index is 1.83. The normalized spacial score (nSPS) is 14.0. The molecule has 2 heterocycles. The molecule has 0 saturated carbocycles. The number of nitrogens with zero attached hydrogens (tertiary/aromatic N) is 3. The number of rotatable bonds is 9. The minimum Gasteiger partial charge on any atom is -0.337 e. The lowest BCUT2D eigenvalue weighted by molar-refractivity contribution is -0.132. The molecule has 0 saturated heterocycles. The van der Waals surface area contributed by atoms with E-state index in [0.717, 1.165) is 49.5 Å². The predicted molar refractivity (Wildman–Crippen MR) is 106 cm³/mol. The molecule has 0 radical (unpaired) electrons. The summed E-state index contributed by atoms with van der Waals surface area (Å²) in [5, 5.41) is 3.59. The van der Waals surface area contributed by atoms with Crippen LogP contribution in [0.1, 0.15) is 57.0 Å². The first kappa shape index (κ1) is 20.8. The second-order valence-corrected chi connectivity index (χ2v) is 8.59. The van der Waals surface area contributed by atoms with Gasteiger partial charge in [-0.2, -0.15) is 0 Å². The monoisotopic (exact) mass is 380 g/mol. The molecule has 1 aromatic heterocycles. The van der Waals surface area contributed by atoms with Gasteiger partial charge >= 0.3 is 0 Å². The number of hydrogen-bond acceptors (Lipinski definition) is 5. The lowest BCUT2D eigenvalue weighted by atomic mass is 10.1. The molecule has 0 unspecified atom stereocenters. The van der Waals surface area contributed by atoms with Crippen molar-refractivity contribution in [1.82, 2.24) is 14.8 Å². The van der Waals surface area contributed by atoms with Crippen LogP contribution in [0.25, 0.3) is 0 Å². The van der Waals surface area contributed by atoms with Gasteiger partial charge in [-0.15, -0.1) is 0 Å². The van der Waals surface area contributed by atoms with Crippen LogP contribution in [0, 0.1) is 5.92 Å². The molecule has 26 heavy (non-hydrogen) atoms. The van der Waals surface area contributed by atoms with E-state index < -0.39 is 0 Å². The summed E-state index contributed by atoms with van der Waals surface area (Å²) in [6.07, 6.45) is 4.15. The second-order valence-electron chi connectivity index (χ2n) is 7.51. The third-order valence-corrected chi connectivity index (χ3v) is 5.52. The first-order chi connectivity index (χ1) is 12.4. The first-order valence-electron chi connectivity index (χ1n) is 9.63. The quantitative estimate of drug-likeness (QED) is 0.715. The van der Waals surface area contributed by atoms with Gasteiger partial charge in [0.25, 0.3) is 0 Å². The van der Waals surface area contributed by atoms with Gasteiger partial charge in [-0.05, 0) is 25.9 Å². The maximum atomic E-state index is 12.3. The van der Waals surface area contributed by atoms with E-state index in [1.165, 1.54) is 11.3 Å². The molecule has 2 rings (SSSR count). The molecule has 0 spiro atoms. The summed E-state index contributed by atoms with van der Waals surface area (Å²) < 4.78 is 0. The SMILES string of the molecule is CCCCN(C)CCC(=O)Nc1nc2c(s1)CN(C(=O)CC(C)C)CC2. The fourth-order valence-corrected chi connectivity index (χ4v) is 3.99. The van der Waals surface area contributed by atoms with Crippen molar-refractivity contribution in [3.63, 3.8) is 0 Å². The molecule has 0 aromatic carbocycles. The number of unbranched alkanes of at least 4 members (excludes halogenated alkanes) is 1. The fourth-order valence-electron chi connectivity index (χ4n) is 2.95. The Hall–Kier alpha value is -1.47. The minimum absolute atomic E-state index is 0.00665. The Morgan fingerprint density at radius 2 is 2.12 bits per heavy atom. The summed E-state index contributed by atoms with van der Waals surface area (Å²) in [6.45, 7) is 9.42. The number of amides is 2. The van der Waals surface area contributed by atoms with Crippen molar-refractivity contribution in [2.24, 2.45) is 5.92 Å². The van der Waals surface area contributed by atoms with Crippen molar-refractivity contribution in [2.45, 2.75) is 59.4 Å². The number of nitrogens with one attached hydrogen (secondary N) is 1. The number of anilines is 1. The fraction of sp³-hybridized carbons (Fsp3) is 0.737. The summed E-state index contributed by atoms with van der Waals surface area (Å²) in [7, 11) is 2.05. The van der Waals surface area contributed by atoms with Crippen LogP contribution in [-0.4, -0.2) is 53.3 Å². The number of hydrogen-bond donors (Lipinski definition) is 1. The Kier molecular flexibility index (Phi) is 8.03. The predicted octanol–water partition coefficient (Wildman–Crippen LogP) is 3.13. The van der Waals surface area contributed by atoms with Gasteiger partial charge in [-0.25, -0.2) is 4.98 Å². The number of fused-ring (bicyclic) bond motifs is 1. The Labute approximate surface area is 161 Å². The molecule has 1 aliphatic rings. The number of carbonyl (C=O) groups is 2. The molecule has 2 amide bonds. The van der Waals surface area contributed by atoms with E-state index in [0.29, 0.717) is 30.4 Å². The topological polar surface area (TPSA) is 65.5 Å². The lowest BCUT2D eigenvalue weighted by Gasteiger charge is -2.26. The van der Waals surface area contributed by atoms with Crippen molar-refractivity contribution in [3.8, 4) is 0 Å². The van der Waals surface area contributed by atoms with Crippen molar-refractivity contribution in [3.05, 3.63) is 10.6 Å². The molecule has 0 fully saturated rings. The average molecular weight is 381 g/mol. The zero-order valence-electron chi connectivity index (χ0n) is 16.5. The van der Waals surface area contributed by atoms with Gasteiger partial charge in [0.05, 0.1) is 12.2 Å². The van der Waals surface area contributed by atoms with Gasteiger partial charge in [0.1, 0.15) is 0 Å². The smallest absolute Gasteiger partial charge is 0.227 e. The van der Waals surface area contributed by atoms with Crippen LogP contribution in [0.4, 0.5) is 5.13 Å². The highest BCUT2D eigenvalue weighted by atomic mass is 32.1. The highest BCUT2D eigenvalue weighted by Crippen LogP contribution is 2.29. The molecule has 1 aromatic rings. The maximum Gasteiger partial charge on any atom is 0.227 e. The maximum absolute atomic E-state index is 12.3. The summed E-state index contributed by atoms with van der Waals surface area (Å²) >= 11 is 1.50. The third kappa shape index (κ3) is 6.36. The van der Waals surface area contributed by atoms with Crippen molar-refractivity contribution < 1.29 is 9.59 Å². The van der Waals surface area contributed by atoms with Gasteiger partial charge in [0.2, 0.25) is 11.8 Å². The van der Waals surface area contributed by atoms with Crippen LogP contribution >= 0.6 is 11.3 Å². The van der Waals surface area contributed by atoms with Crippen molar-refractivity contribution in [1.29, 1.82) is 0 Å². The number of carbonyl (C=O) groups excluding carboxylic acids is 2. The van der Waals surface area contributed by atoms with Crippen LogP contribution in [0.15, 0.2) is 0 Å². The first-order valence-corrected chi connectivity index (χ1v) is 10.5. The summed E-state index contributed by atoms with van der Waals surface area (Å²) in [6, 6.07) is 0. The van der Waals surface area contributed by atoms with Gasteiger partial charge in [-0.1, -0.05) is 38.5 Å². The Morgan fingerprint density at radius 3 is 2.81 bits per heavy atom. The molecule has 146 valence electrons. The van der Waals surface area contributed by atoms with Gasteiger partial charge in [0.15, 0.2) is 5.13 Å². The highest BCUT2D eigenvalue weighted by Gasteiger charge is 2.24. The van der Waals surface area contributed by atoms with Gasteiger partial charge in [0, 0.05) is 37.2 Å². The van der Waals surface area contributed by atoms with E-state index in [9.17, 15) is 9.59 Å². The van der Waals surface area contributed by atoms with Gasteiger partial charge in [-0.3, -0.25) is 9.59 Å². The summed E-state index contributed by atoms with van der Waals surface area (Å²) in [5.74, 6) is 0.586. The van der Waals surface area contributed by atoms with E-state index in [1.54, 1.807) is 0 Å². The van der Waals surface area contributed by atoms with E-state index in [1.807, 2.05) is 11.9 Å². The largest absolute Gasteiger partial charge is 0.337 e. The molecular formula is C19H32N4O2S. The van der Waals surface area contributed by atoms with Crippen LogP contribution < -0.4 is 5.32 Å². The van der Waals surface area contributed by atoms with Crippen molar-refractivity contribution >= 4 is 28.3 Å². The molecule has 0 atom stereocenters. The lowest BCUT2D eigenvalue weighted by Crippen LogP contribution is -2.36. The van der Waals surface area contributed by atoms with E-state index in [4.69, 9.17) is 0 Å². The summed E-state index contributed by atoms with van der Waals surface area (Å²) in [4.78, 5) is 34.2. The van der Waals surface area contributed by atoms with E-state index >= 15 is 0 Å². The molecule has 0 aliphatic carbocycles. The summed E-state index contributed by atoms with van der Waals surface area (Å²) in [5.41, 5.74) is 1.03. The van der Waals surface area contributed by atoms with E-state index in [2.05, 4.69) is 36.0 Å². The molecule has 1 N–H and O–H groups in total. The Morgan fingerprint density at radius 1 is 1.35 bits per heavy atom. The molecule has 7 heteroatoms. The van der Waals surface area contributed by atoms with Crippen LogP contribution in [0.2, 0.25) is 0 Å². The Bertz CT molecular complexity index is 615. The molecular weight excluding hydrogens is 348 g/mol. The van der Waals surface area contributed by atoms with Gasteiger partial charge < -0.3 is 15.1 Å². The second kappa shape index (κ2) is 10.0. The standard InChI is InChI=1S/C19H32N4O2S/c1-5-6-9-22(4)10-8-17(24)21-19-20-15-7-11-23(13-16(15)26-19)18(25)12-14(2)3/h14H,5-13H2,1-4H3,(H,20,21,24). The number of thiazole rings is 1. The van der Waals surface area contributed by atoms with Crippen LogP contribution in [-0.2, 0) is 22.6 Å². The van der Waals surface area contributed by atoms with E-state index in [-0.39, 0.29) is 11.8 Å². The molecule has 1 aliphatic heterocycles.